The van der Waals surface area contributed by atoms with Gasteiger partial charge in [0.15, 0.2) is 5.96 Å². The smallest absolute Gasteiger partial charge is 0.194 e. The molecule has 3 saturated heterocycles. The van der Waals surface area contributed by atoms with Crippen molar-refractivity contribution in [3.8, 4) is 0 Å². The quantitative estimate of drug-likeness (QED) is 0.577. The van der Waals surface area contributed by atoms with E-state index >= 15 is 0 Å². The van der Waals surface area contributed by atoms with Gasteiger partial charge < -0.3 is 25.0 Å². The van der Waals surface area contributed by atoms with Crippen LogP contribution in [-0.2, 0) is 4.74 Å². The molecule has 1 atom stereocenters. The number of hydrogen-bond donors (Lipinski definition) is 2. The number of guanidine groups is 1. The summed E-state index contributed by atoms with van der Waals surface area (Å²) in [5.74, 6) is 1.72. The summed E-state index contributed by atoms with van der Waals surface area (Å²) in [5.41, 5.74) is -0.689. The lowest BCUT2D eigenvalue weighted by molar-refractivity contribution is -0.0566. The monoisotopic (exact) mass is 352 g/mol. The fourth-order valence-corrected chi connectivity index (χ4v) is 4.24. The minimum absolute atomic E-state index is 0.478. The Bertz CT molecular complexity index is 431. The lowest BCUT2D eigenvalue weighted by Crippen LogP contribution is -2.44. The van der Waals surface area contributed by atoms with Crippen LogP contribution in [-0.4, -0.2) is 85.5 Å². The fourth-order valence-electron chi connectivity index (χ4n) is 4.24. The average Bonchev–Trinajstić information content (AvgIpc) is 3.08. The van der Waals surface area contributed by atoms with E-state index in [1.54, 1.807) is 0 Å². The number of ether oxygens (including phenoxy) is 1. The third kappa shape index (κ3) is 5.56. The molecule has 144 valence electrons. The molecule has 0 aromatic carbocycles. The Morgan fingerprint density at radius 3 is 2.68 bits per heavy atom. The molecule has 6 heteroatoms. The zero-order valence-electron chi connectivity index (χ0n) is 15.9. The summed E-state index contributed by atoms with van der Waals surface area (Å²) in [4.78, 5) is 9.82. The van der Waals surface area contributed by atoms with Gasteiger partial charge in [-0.05, 0) is 45.2 Å². The van der Waals surface area contributed by atoms with E-state index in [1.165, 1.54) is 45.3 Å². The predicted octanol–water partition coefficient (Wildman–Crippen LogP) is 1.30. The summed E-state index contributed by atoms with van der Waals surface area (Å²) < 4.78 is 5.37. The van der Waals surface area contributed by atoms with Crippen LogP contribution in [0.1, 0.15) is 45.4 Å². The number of nitrogens with zero attached hydrogens (tertiary/aromatic N) is 3. The Hall–Kier alpha value is -0.850. The Kier molecular flexibility index (Phi) is 6.96. The summed E-state index contributed by atoms with van der Waals surface area (Å²) >= 11 is 0. The topological polar surface area (TPSA) is 60.3 Å². The molecular formula is C19H36N4O2. The summed E-state index contributed by atoms with van der Waals surface area (Å²) in [7, 11) is 0. The van der Waals surface area contributed by atoms with Gasteiger partial charge in [0.25, 0.3) is 0 Å². The van der Waals surface area contributed by atoms with Crippen LogP contribution in [0.3, 0.4) is 0 Å². The third-order valence-corrected chi connectivity index (χ3v) is 5.83. The van der Waals surface area contributed by atoms with Crippen LogP contribution in [0.2, 0.25) is 0 Å². The number of piperidine rings is 1. The molecule has 6 nitrogen and oxygen atoms in total. The number of hydrogen-bond acceptors (Lipinski definition) is 4. The van der Waals surface area contributed by atoms with Crippen LogP contribution in [0.4, 0.5) is 0 Å². The van der Waals surface area contributed by atoms with E-state index in [4.69, 9.17) is 9.73 Å². The molecule has 0 spiro atoms. The number of aliphatic imine (C=N–C) groups is 1. The normalized spacial score (nSPS) is 28.3. The van der Waals surface area contributed by atoms with Crippen molar-refractivity contribution in [1.82, 2.24) is 15.1 Å². The van der Waals surface area contributed by atoms with E-state index in [0.717, 1.165) is 31.5 Å². The van der Waals surface area contributed by atoms with Crippen LogP contribution in [0.5, 0.6) is 0 Å². The number of likely N-dealkylation sites (tertiary alicyclic amines) is 2. The summed E-state index contributed by atoms with van der Waals surface area (Å²) in [6.07, 6.45) is 6.75. The van der Waals surface area contributed by atoms with E-state index in [0.29, 0.717) is 32.6 Å². The van der Waals surface area contributed by atoms with E-state index in [2.05, 4.69) is 22.0 Å². The maximum Gasteiger partial charge on any atom is 0.194 e. The van der Waals surface area contributed by atoms with Crippen LogP contribution < -0.4 is 5.32 Å². The summed E-state index contributed by atoms with van der Waals surface area (Å²) in [6.45, 7) is 10.7. The highest BCUT2D eigenvalue weighted by atomic mass is 16.5. The average molecular weight is 353 g/mol. The van der Waals surface area contributed by atoms with Gasteiger partial charge in [0.05, 0.1) is 12.1 Å². The Morgan fingerprint density at radius 1 is 1.20 bits per heavy atom. The van der Waals surface area contributed by atoms with Gasteiger partial charge in [0.2, 0.25) is 0 Å². The van der Waals surface area contributed by atoms with Gasteiger partial charge in [-0.3, -0.25) is 4.99 Å². The number of aliphatic hydroxyl groups is 1. The summed E-state index contributed by atoms with van der Waals surface area (Å²) in [5, 5.41) is 14.1. The van der Waals surface area contributed by atoms with Crippen molar-refractivity contribution < 1.29 is 9.84 Å². The molecule has 1 unspecified atom stereocenters. The minimum Gasteiger partial charge on any atom is -0.388 e. The molecule has 0 radical (unpaired) electrons. The van der Waals surface area contributed by atoms with Crippen molar-refractivity contribution in [2.75, 3.05) is 59.0 Å². The standard InChI is InChI=1S/C19H36N4O2/c1-2-20-18(21-16-19(24)7-12-25-13-8-19)23-11-6-17(15-23)14-22-9-4-3-5-10-22/h17,24H,2-16H2,1H3,(H,20,21). The lowest BCUT2D eigenvalue weighted by Gasteiger charge is -2.31. The van der Waals surface area contributed by atoms with Gasteiger partial charge in [0.1, 0.15) is 0 Å². The van der Waals surface area contributed by atoms with Crippen LogP contribution in [0.15, 0.2) is 4.99 Å². The molecule has 0 aromatic rings. The fraction of sp³-hybridized carbons (Fsp3) is 0.947. The molecule has 3 heterocycles. The Morgan fingerprint density at radius 2 is 1.96 bits per heavy atom. The minimum atomic E-state index is -0.689. The van der Waals surface area contributed by atoms with Crippen molar-refractivity contribution in [3.05, 3.63) is 0 Å². The molecular weight excluding hydrogens is 316 g/mol. The lowest BCUT2D eigenvalue weighted by atomic mass is 9.95. The first kappa shape index (κ1) is 18.9. The molecule has 3 rings (SSSR count). The van der Waals surface area contributed by atoms with Crippen molar-refractivity contribution in [2.45, 2.75) is 51.0 Å². The number of rotatable bonds is 5. The van der Waals surface area contributed by atoms with Gasteiger partial charge in [-0.1, -0.05) is 6.42 Å². The van der Waals surface area contributed by atoms with Crippen molar-refractivity contribution in [1.29, 1.82) is 0 Å². The maximum atomic E-state index is 10.7. The van der Waals surface area contributed by atoms with Crippen LogP contribution >= 0.6 is 0 Å². The number of nitrogens with one attached hydrogen (secondary N) is 1. The van der Waals surface area contributed by atoms with Gasteiger partial charge >= 0.3 is 0 Å². The Balaban J connectivity index is 1.52. The first-order valence-corrected chi connectivity index (χ1v) is 10.2. The first-order chi connectivity index (χ1) is 12.2. The predicted molar refractivity (Wildman–Crippen MR) is 101 cm³/mol. The van der Waals surface area contributed by atoms with Gasteiger partial charge in [-0.15, -0.1) is 0 Å². The molecule has 0 saturated carbocycles. The first-order valence-electron chi connectivity index (χ1n) is 10.2. The highest BCUT2D eigenvalue weighted by Crippen LogP contribution is 2.22. The van der Waals surface area contributed by atoms with Crippen molar-refractivity contribution in [3.63, 3.8) is 0 Å². The molecule has 25 heavy (non-hydrogen) atoms. The zero-order valence-corrected chi connectivity index (χ0v) is 15.9. The second-order valence-electron chi connectivity index (χ2n) is 7.97. The Labute approximate surface area is 152 Å². The van der Waals surface area contributed by atoms with Gasteiger partial charge in [0, 0.05) is 52.2 Å². The molecule has 0 aromatic heterocycles. The van der Waals surface area contributed by atoms with E-state index < -0.39 is 5.60 Å². The molecule has 0 bridgehead atoms. The molecule has 0 aliphatic carbocycles. The van der Waals surface area contributed by atoms with E-state index in [1.807, 2.05) is 0 Å². The van der Waals surface area contributed by atoms with Gasteiger partial charge in [-0.2, -0.15) is 0 Å². The SMILES string of the molecule is CCNC(=NCC1(O)CCOCC1)N1CCC(CN2CCCCC2)C1. The largest absolute Gasteiger partial charge is 0.388 e. The van der Waals surface area contributed by atoms with Crippen LogP contribution in [0.25, 0.3) is 0 Å². The highest BCUT2D eigenvalue weighted by Gasteiger charge is 2.31. The molecule has 0 amide bonds. The maximum absolute atomic E-state index is 10.7. The second-order valence-corrected chi connectivity index (χ2v) is 7.97. The van der Waals surface area contributed by atoms with Crippen molar-refractivity contribution in [2.24, 2.45) is 10.9 Å². The van der Waals surface area contributed by atoms with Crippen molar-refractivity contribution >= 4 is 5.96 Å². The zero-order chi connectivity index (χ0) is 17.5. The van der Waals surface area contributed by atoms with E-state index in [-0.39, 0.29) is 0 Å². The highest BCUT2D eigenvalue weighted by molar-refractivity contribution is 5.80. The molecule has 3 aliphatic rings. The third-order valence-electron chi connectivity index (χ3n) is 5.83. The molecule has 2 N–H and O–H groups in total. The molecule has 3 aliphatic heterocycles. The molecule has 3 fully saturated rings. The van der Waals surface area contributed by atoms with E-state index in [9.17, 15) is 5.11 Å². The second kappa shape index (κ2) is 9.19. The van der Waals surface area contributed by atoms with Crippen LogP contribution in [0, 0.1) is 5.92 Å². The summed E-state index contributed by atoms with van der Waals surface area (Å²) in [6, 6.07) is 0. The van der Waals surface area contributed by atoms with Gasteiger partial charge in [-0.25, -0.2) is 0 Å².